The van der Waals surface area contributed by atoms with E-state index in [1.807, 2.05) is 32.9 Å². The van der Waals surface area contributed by atoms with Crippen LogP contribution in [-0.2, 0) is 4.74 Å². The number of amides is 2. The smallest absolute Gasteiger partial charge is 0.411 e. The van der Waals surface area contributed by atoms with Gasteiger partial charge in [-0.15, -0.1) is 0 Å². The van der Waals surface area contributed by atoms with E-state index in [0.717, 1.165) is 31.4 Å². The molecule has 1 aliphatic heterocycles. The average Bonchev–Trinajstić information content (AvgIpc) is 2.85. The van der Waals surface area contributed by atoms with E-state index in [9.17, 15) is 9.59 Å². The standard InChI is InChI=1S/C24H40N2O4Si/c1-23(2,3)29-22(28)26-17-11-9-10-12-20(26)25-21(27)18-13-15-19(16-14-18)30-31(7,8)24(4,5)6/h13-16,20H,9-12,17H2,1-8H3,(H,25,27). The first-order chi connectivity index (χ1) is 14.2. The van der Waals surface area contributed by atoms with E-state index in [2.05, 4.69) is 39.2 Å². The van der Waals surface area contributed by atoms with Crippen molar-refractivity contribution < 1.29 is 18.8 Å². The van der Waals surface area contributed by atoms with Gasteiger partial charge in [-0.3, -0.25) is 9.69 Å². The van der Waals surface area contributed by atoms with Gasteiger partial charge in [-0.05, 0) is 82.4 Å². The zero-order valence-corrected chi connectivity index (χ0v) is 21.5. The van der Waals surface area contributed by atoms with Crippen LogP contribution < -0.4 is 9.74 Å². The molecule has 1 aromatic carbocycles. The van der Waals surface area contributed by atoms with Crippen molar-refractivity contribution in [3.8, 4) is 5.75 Å². The Morgan fingerprint density at radius 3 is 2.16 bits per heavy atom. The van der Waals surface area contributed by atoms with Gasteiger partial charge in [0.15, 0.2) is 0 Å². The van der Waals surface area contributed by atoms with E-state index in [0.29, 0.717) is 12.1 Å². The molecule has 0 bridgehead atoms. The van der Waals surface area contributed by atoms with Crippen LogP contribution in [0.5, 0.6) is 5.75 Å². The van der Waals surface area contributed by atoms with Crippen LogP contribution in [0.3, 0.4) is 0 Å². The SMILES string of the molecule is CC(C)(C)OC(=O)N1CCCCCC1NC(=O)c1ccc(O[Si](C)(C)C(C)(C)C)cc1. The number of nitrogens with zero attached hydrogens (tertiary/aromatic N) is 1. The summed E-state index contributed by atoms with van der Waals surface area (Å²) < 4.78 is 11.9. The molecule has 1 unspecified atom stereocenters. The molecule has 6 nitrogen and oxygen atoms in total. The first kappa shape index (κ1) is 25.2. The highest BCUT2D eigenvalue weighted by Crippen LogP contribution is 2.37. The van der Waals surface area contributed by atoms with Crippen molar-refractivity contribution in [2.24, 2.45) is 0 Å². The third kappa shape index (κ3) is 7.26. The highest BCUT2D eigenvalue weighted by molar-refractivity contribution is 6.74. The van der Waals surface area contributed by atoms with Crippen molar-refractivity contribution in [3.05, 3.63) is 29.8 Å². The molecule has 1 N–H and O–H groups in total. The molecule has 0 spiro atoms. The quantitative estimate of drug-likeness (QED) is 0.579. The van der Waals surface area contributed by atoms with E-state index in [4.69, 9.17) is 9.16 Å². The maximum atomic E-state index is 12.9. The summed E-state index contributed by atoms with van der Waals surface area (Å²) in [4.78, 5) is 27.3. The summed E-state index contributed by atoms with van der Waals surface area (Å²) in [5.41, 5.74) is -0.0197. The number of hydrogen-bond acceptors (Lipinski definition) is 4. The summed E-state index contributed by atoms with van der Waals surface area (Å²) in [6.45, 7) is 17.1. The highest BCUT2D eigenvalue weighted by Gasteiger charge is 2.39. The first-order valence-electron chi connectivity index (χ1n) is 11.3. The van der Waals surface area contributed by atoms with Crippen LogP contribution in [0.2, 0.25) is 18.1 Å². The lowest BCUT2D eigenvalue weighted by Crippen LogP contribution is -2.51. The molecule has 0 saturated carbocycles. The molecule has 0 aliphatic carbocycles. The van der Waals surface area contributed by atoms with Crippen molar-refractivity contribution in [1.29, 1.82) is 0 Å². The van der Waals surface area contributed by atoms with Gasteiger partial charge in [-0.25, -0.2) is 4.79 Å². The molecule has 2 rings (SSSR count). The van der Waals surface area contributed by atoms with Crippen LogP contribution in [0.1, 0.15) is 77.6 Å². The number of hydrogen-bond donors (Lipinski definition) is 1. The minimum atomic E-state index is -1.93. The van der Waals surface area contributed by atoms with Gasteiger partial charge in [0.2, 0.25) is 8.32 Å². The van der Waals surface area contributed by atoms with Crippen molar-refractivity contribution in [3.63, 3.8) is 0 Å². The number of carbonyl (C=O) groups excluding carboxylic acids is 2. The summed E-state index contributed by atoms with van der Waals surface area (Å²) in [5, 5.41) is 3.14. The molecular weight excluding hydrogens is 408 g/mol. The van der Waals surface area contributed by atoms with Crippen molar-refractivity contribution in [1.82, 2.24) is 10.2 Å². The Bertz CT molecular complexity index is 763. The van der Waals surface area contributed by atoms with Gasteiger partial charge >= 0.3 is 6.09 Å². The number of benzene rings is 1. The summed E-state index contributed by atoms with van der Waals surface area (Å²) in [6, 6.07) is 7.28. The summed E-state index contributed by atoms with van der Waals surface area (Å²) >= 11 is 0. The zero-order valence-electron chi connectivity index (χ0n) is 20.5. The topological polar surface area (TPSA) is 67.9 Å². The molecule has 2 amide bonds. The van der Waals surface area contributed by atoms with E-state index < -0.39 is 13.9 Å². The number of carbonyl (C=O) groups is 2. The monoisotopic (exact) mass is 448 g/mol. The highest BCUT2D eigenvalue weighted by atomic mass is 28.4. The molecule has 0 radical (unpaired) electrons. The molecule has 0 aromatic heterocycles. The zero-order chi connectivity index (χ0) is 23.4. The van der Waals surface area contributed by atoms with Crippen LogP contribution in [0.25, 0.3) is 0 Å². The van der Waals surface area contributed by atoms with Crippen LogP contribution in [0.15, 0.2) is 24.3 Å². The number of nitrogens with one attached hydrogen (secondary N) is 1. The summed E-state index contributed by atoms with van der Waals surface area (Å²) in [7, 11) is -1.93. The van der Waals surface area contributed by atoms with Crippen LogP contribution in [-0.4, -0.2) is 43.5 Å². The Kier molecular flexibility index (Phi) is 7.84. The molecule has 1 heterocycles. The molecule has 1 aromatic rings. The van der Waals surface area contributed by atoms with Gasteiger partial charge in [-0.1, -0.05) is 27.2 Å². The number of ether oxygens (including phenoxy) is 1. The molecule has 1 saturated heterocycles. The van der Waals surface area contributed by atoms with Crippen molar-refractivity contribution in [2.45, 2.75) is 97.1 Å². The van der Waals surface area contributed by atoms with Gasteiger partial charge in [-0.2, -0.15) is 0 Å². The lowest BCUT2D eigenvalue weighted by molar-refractivity contribution is 0.0134. The second-order valence-corrected chi connectivity index (χ2v) is 15.6. The maximum Gasteiger partial charge on any atom is 0.411 e. The van der Waals surface area contributed by atoms with Gasteiger partial charge in [0.25, 0.3) is 5.91 Å². The van der Waals surface area contributed by atoms with E-state index >= 15 is 0 Å². The van der Waals surface area contributed by atoms with Crippen LogP contribution >= 0.6 is 0 Å². The minimum Gasteiger partial charge on any atom is -0.544 e. The Balaban J connectivity index is 2.08. The molecule has 31 heavy (non-hydrogen) atoms. The lowest BCUT2D eigenvalue weighted by atomic mass is 10.1. The Morgan fingerprint density at radius 2 is 1.61 bits per heavy atom. The molecular formula is C24H40N2O4Si. The summed E-state index contributed by atoms with van der Waals surface area (Å²) in [5.74, 6) is 0.590. The molecule has 7 heteroatoms. The van der Waals surface area contributed by atoms with Gasteiger partial charge in [0.05, 0.1) is 0 Å². The number of likely N-dealkylation sites (tertiary alicyclic amines) is 1. The lowest BCUT2D eigenvalue weighted by Gasteiger charge is -2.36. The predicted octanol–water partition coefficient (Wildman–Crippen LogP) is 5.94. The predicted molar refractivity (Wildman–Crippen MR) is 127 cm³/mol. The molecule has 1 atom stereocenters. The molecule has 174 valence electrons. The Hall–Kier alpha value is -2.02. The fourth-order valence-electron chi connectivity index (χ4n) is 3.15. The normalized spacial score (nSPS) is 18.2. The fourth-order valence-corrected chi connectivity index (χ4v) is 4.19. The van der Waals surface area contributed by atoms with Gasteiger partial charge < -0.3 is 14.5 Å². The fraction of sp³-hybridized carbons (Fsp3) is 0.667. The van der Waals surface area contributed by atoms with Gasteiger partial charge in [0.1, 0.15) is 17.5 Å². The molecule has 1 fully saturated rings. The second kappa shape index (κ2) is 9.63. The van der Waals surface area contributed by atoms with E-state index in [-0.39, 0.29) is 23.2 Å². The maximum absolute atomic E-state index is 12.9. The Labute approximate surface area is 188 Å². The van der Waals surface area contributed by atoms with E-state index in [1.54, 1.807) is 17.0 Å². The number of rotatable bonds is 4. The summed E-state index contributed by atoms with van der Waals surface area (Å²) in [6.07, 6.45) is 2.88. The second-order valence-electron chi connectivity index (χ2n) is 10.9. The Morgan fingerprint density at radius 1 is 1.00 bits per heavy atom. The van der Waals surface area contributed by atoms with E-state index in [1.165, 1.54) is 0 Å². The minimum absolute atomic E-state index is 0.105. The largest absolute Gasteiger partial charge is 0.544 e. The first-order valence-corrected chi connectivity index (χ1v) is 14.2. The van der Waals surface area contributed by atoms with Crippen molar-refractivity contribution >= 4 is 20.3 Å². The van der Waals surface area contributed by atoms with Crippen molar-refractivity contribution in [2.75, 3.05) is 6.54 Å². The average molecular weight is 449 g/mol. The van der Waals surface area contributed by atoms with Crippen LogP contribution in [0, 0.1) is 0 Å². The van der Waals surface area contributed by atoms with Crippen LogP contribution in [0.4, 0.5) is 4.79 Å². The third-order valence-corrected chi connectivity index (χ3v) is 10.3. The van der Waals surface area contributed by atoms with Gasteiger partial charge in [0, 0.05) is 12.1 Å². The molecule has 1 aliphatic rings. The third-order valence-electron chi connectivity index (χ3n) is 5.97.